The van der Waals surface area contributed by atoms with E-state index in [1.54, 1.807) is 18.2 Å². The van der Waals surface area contributed by atoms with Crippen LogP contribution < -0.4 is 19.9 Å². The van der Waals surface area contributed by atoms with Crippen LogP contribution in [0.1, 0.15) is 17.0 Å². The molecular weight excluding hydrogens is 392 g/mol. The summed E-state index contributed by atoms with van der Waals surface area (Å²) < 4.78 is 16.7. The molecule has 7 nitrogen and oxygen atoms in total. The standard InChI is InChI=1S/C24H18N4O3/c1-29-15-7-14(8-16(9-15)30-2)22-19-11-31-20-6-4-3-5-17(20)21(19)18(10-25)23(28)24(22,12-26)13-27/h3-9,22H,11,28H2,1-2H3. The van der Waals surface area contributed by atoms with Crippen LogP contribution in [0.15, 0.2) is 59.3 Å². The summed E-state index contributed by atoms with van der Waals surface area (Å²) >= 11 is 0. The molecule has 0 bridgehead atoms. The zero-order chi connectivity index (χ0) is 22.2. The average Bonchev–Trinajstić information content (AvgIpc) is 2.82. The Hall–Kier alpha value is -4.41. The molecule has 2 aromatic rings. The Bertz CT molecular complexity index is 1230. The third kappa shape index (κ3) is 2.78. The lowest BCUT2D eigenvalue weighted by molar-refractivity contribution is 0.322. The molecule has 1 aliphatic carbocycles. The van der Waals surface area contributed by atoms with Gasteiger partial charge in [0.05, 0.1) is 37.6 Å². The Morgan fingerprint density at radius 2 is 1.68 bits per heavy atom. The highest BCUT2D eigenvalue weighted by Gasteiger charge is 2.52. The summed E-state index contributed by atoms with van der Waals surface area (Å²) in [5.41, 5.74) is 7.22. The number of allylic oxidation sites excluding steroid dienone is 3. The topological polar surface area (TPSA) is 125 Å². The molecule has 0 saturated carbocycles. The van der Waals surface area contributed by atoms with Crippen LogP contribution in [0.4, 0.5) is 0 Å². The van der Waals surface area contributed by atoms with Gasteiger partial charge in [0.1, 0.15) is 29.9 Å². The molecule has 1 unspecified atom stereocenters. The van der Waals surface area contributed by atoms with E-state index < -0.39 is 11.3 Å². The minimum absolute atomic E-state index is 0.0674. The first-order valence-corrected chi connectivity index (χ1v) is 9.46. The van der Waals surface area contributed by atoms with Crippen LogP contribution in [0.25, 0.3) is 5.57 Å². The lowest BCUT2D eigenvalue weighted by Crippen LogP contribution is -2.40. The van der Waals surface area contributed by atoms with Crippen LogP contribution >= 0.6 is 0 Å². The SMILES string of the molecule is COc1cc(OC)cc(C2C3=C(C(C#N)=C(N)C2(C#N)C#N)c2ccccc2OC3)c1. The fourth-order valence-corrected chi connectivity index (χ4v) is 4.31. The van der Waals surface area contributed by atoms with E-state index in [2.05, 4.69) is 18.2 Å². The summed E-state index contributed by atoms with van der Waals surface area (Å²) in [6.45, 7) is 0.111. The predicted molar refractivity (Wildman–Crippen MR) is 112 cm³/mol. The Kier molecular flexibility index (Phi) is 4.78. The zero-order valence-electron chi connectivity index (χ0n) is 17.0. The first-order valence-electron chi connectivity index (χ1n) is 9.46. The summed E-state index contributed by atoms with van der Waals surface area (Å²) in [5, 5.41) is 30.3. The fraction of sp³-hybridized carbons (Fsp3) is 0.208. The number of fused-ring (bicyclic) bond motifs is 2. The van der Waals surface area contributed by atoms with Gasteiger partial charge >= 0.3 is 0 Å². The van der Waals surface area contributed by atoms with Crippen molar-refractivity contribution in [3.8, 4) is 35.5 Å². The molecule has 1 aliphatic heterocycles. The number of para-hydroxylation sites is 1. The number of hydrogen-bond acceptors (Lipinski definition) is 7. The molecule has 0 fully saturated rings. The minimum Gasteiger partial charge on any atom is -0.497 e. The van der Waals surface area contributed by atoms with Gasteiger partial charge in [-0.3, -0.25) is 0 Å². The Morgan fingerprint density at radius 1 is 1.03 bits per heavy atom. The van der Waals surface area contributed by atoms with Gasteiger partial charge in [0, 0.05) is 23.1 Å². The molecule has 0 aromatic heterocycles. The molecule has 1 heterocycles. The molecule has 152 valence electrons. The summed E-state index contributed by atoms with van der Waals surface area (Å²) in [6, 6.07) is 18.8. The molecule has 0 saturated heterocycles. The van der Waals surface area contributed by atoms with Crippen molar-refractivity contribution in [3.63, 3.8) is 0 Å². The molecule has 7 heteroatoms. The van der Waals surface area contributed by atoms with E-state index in [9.17, 15) is 15.8 Å². The molecule has 4 rings (SSSR count). The average molecular weight is 410 g/mol. The normalized spacial score (nSPS) is 18.5. The van der Waals surface area contributed by atoms with E-state index in [0.29, 0.717) is 39.5 Å². The predicted octanol–water partition coefficient (Wildman–Crippen LogP) is 3.42. The summed E-state index contributed by atoms with van der Waals surface area (Å²) in [6.07, 6.45) is 0. The number of benzene rings is 2. The van der Waals surface area contributed by atoms with Crippen LogP contribution in [-0.4, -0.2) is 20.8 Å². The Balaban J connectivity index is 2.10. The van der Waals surface area contributed by atoms with Crippen molar-refractivity contribution < 1.29 is 14.2 Å². The van der Waals surface area contributed by atoms with Gasteiger partial charge in [0.25, 0.3) is 0 Å². The number of ether oxygens (including phenoxy) is 3. The van der Waals surface area contributed by atoms with Gasteiger partial charge in [-0.05, 0) is 29.3 Å². The first-order chi connectivity index (χ1) is 15.0. The Labute approximate surface area is 179 Å². The zero-order valence-corrected chi connectivity index (χ0v) is 17.0. The van der Waals surface area contributed by atoms with Crippen LogP contribution in [0, 0.1) is 39.4 Å². The van der Waals surface area contributed by atoms with Crippen molar-refractivity contribution in [3.05, 3.63) is 70.4 Å². The van der Waals surface area contributed by atoms with Gasteiger partial charge in [-0.15, -0.1) is 0 Å². The van der Waals surface area contributed by atoms with E-state index in [1.165, 1.54) is 14.2 Å². The van der Waals surface area contributed by atoms with Crippen LogP contribution in [0.3, 0.4) is 0 Å². The molecule has 1 atom stereocenters. The molecule has 2 aliphatic rings. The van der Waals surface area contributed by atoms with Gasteiger partial charge in [-0.25, -0.2) is 0 Å². The van der Waals surface area contributed by atoms with Crippen molar-refractivity contribution in [2.45, 2.75) is 5.92 Å². The second-order valence-corrected chi connectivity index (χ2v) is 7.20. The number of nitriles is 3. The van der Waals surface area contributed by atoms with Crippen molar-refractivity contribution in [1.29, 1.82) is 15.8 Å². The lowest BCUT2D eigenvalue weighted by atomic mass is 9.61. The molecule has 2 N–H and O–H groups in total. The second-order valence-electron chi connectivity index (χ2n) is 7.20. The van der Waals surface area contributed by atoms with Gasteiger partial charge in [-0.1, -0.05) is 18.2 Å². The first kappa shape index (κ1) is 19.9. The van der Waals surface area contributed by atoms with E-state index in [4.69, 9.17) is 19.9 Å². The van der Waals surface area contributed by atoms with Gasteiger partial charge in [0.15, 0.2) is 5.41 Å². The van der Waals surface area contributed by atoms with Crippen LogP contribution in [0.2, 0.25) is 0 Å². The largest absolute Gasteiger partial charge is 0.497 e. The van der Waals surface area contributed by atoms with Gasteiger partial charge < -0.3 is 19.9 Å². The van der Waals surface area contributed by atoms with Crippen molar-refractivity contribution in [2.75, 3.05) is 20.8 Å². The highest BCUT2D eigenvalue weighted by Crippen LogP contribution is 2.55. The molecular formula is C24H18N4O3. The fourth-order valence-electron chi connectivity index (χ4n) is 4.31. The maximum absolute atomic E-state index is 10.2. The summed E-state index contributed by atoms with van der Waals surface area (Å²) in [5.74, 6) is 0.844. The number of nitrogens with zero attached hydrogens (tertiary/aromatic N) is 3. The number of hydrogen-bond donors (Lipinski definition) is 1. The Morgan fingerprint density at radius 3 is 2.26 bits per heavy atom. The number of rotatable bonds is 3. The molecule has 2 aromatic carbocycles. The van der Waals surface area contributed by atoms with Crippen molar-refractivity contribution in [1.82, 2.24) is 0 Å². The molecule has 0 spiro atoms. The highest BCUT2D eigenvalue weighted by atomic mass is 16.5. The lowest BCUT2D eigenvalue weighted by Gasteiger charge is -2.40. The molecule has 0 amide bonds. The van der Waals surface area contributed by atoms with Gasteiger partial charge in [-0.2, -0.15) is 15.8 Å². The summed E-state index contributed by atoms with van der Waals surface area (Å²) in [7, 11) is 3.04. The van der Waals surface area contributed by atoms with Crippen molar-refractivity contribution in [2.24, 2.45) is 11.1 Å². The highest BCUT2D eigenvalue weighted by molar-refractivity contribution is 5.92. The smallest absolute Gasteiger partial charge is 0.194 e. The van der Waals surface area contributed by atoms with E-state index in [-0.39, 0.29) is 17.9 Å². The minimum atomic E-state index is -1.79. The number of nitrogens with two attached hydrogens (primary N) is 1. The molecule has 0 radical (unpaired) electrons. The van der Waals surface area contributed by atoms with Crippen LogP contribution in [0.5, 0.6) is 17.2 Å². The maximum Gasteiger partial charge on any atom is 0.194 e. The second kappa shape index (κ2) is 7.44. The van der Waals surface area contributed by atoms with E-state index >= 15 is 0 Å². The van der Waals surface area contributed by atoms with Crippen LogP contribution in [-0.2, 0) is 0 Å². The third-order valence-electron chi connectivity index (χ3n) is 5.76. The number of methoxy groups -OCH3 is 2. The third-order valence-corrected chi connectivity index (χ3v) is 5.76. The monoisotopic (exact) mass is 410 g/mol. The van der Waals surface area contributed by atoms with E-state index in [1.807, 2.05) is 24.3 Å². The van der Waals surface area contributed by atoms with Crippen molar-refractivity contribution >= 4 is 5.57 Å². The summed E-state index contributed by atoms with van der Waals surface area (Å²) in [4.78, 5) is 0. The van der Waals surface area contributed by atoms with Gasteiger partial charge in [0.2, 0.25) is 0 Å². The quantitative estimate of drug-likeness (QED) is 0.822. The van der Waals surface area contributed by atoms with E-state index in [0.717, 1.165) is 0 Å². The molecule has 31 heavy (non-hydrogen) atoms. The maximum atomic E-state index is 10.2.